The minimum absolute atomic E-state index is 0.0628. The highest BCUT2D eigenvalue weighted by atomic mass is 16.5. The summed E-state index contributed by atoms with van der Waals surface area (Å²) in [5.74, 6) is -0.518. The molecular weight excluding hydrogens is 695 g/mol. The SMILES string of the molecule is CC/C=C\C/C=C\C/C=C\C/C=C\C/C=C\CCCCCC(=O)OC(CCCCCCCCC)CC(=O)NC(CO)C(O)CCCCCCCCCCCCC. The normalized spacial score (nSPS) is 13.9. The third-order valence-electron chi connectivity index (χ3n) is 10.4. The molecule has 3 N–H and O–H groups in total. The molecule has 324 valence electrons. The van der Waals surface area contributed by atoms with E-state index in [1.54, 1.807) is 0 Å². The molecule has 0 saturated heterocycles. The number of allylic oxidation sites excluding steroid dienone is 10. The van der Waals surface area contributed by atoms with Gasteiger partial charge in [0, 0.05) is 6.42 Å². The van der Waals surface area contributed by atoms with Crippen LogP contribution in [0, 0.1) is 0 Å². The van der Waals surface area contributed by atoms with Gasteiger partial charge in [0.2, 0.25) is 5.91 Å². The van der Waals surface area contributed by atoms with Crippen molar-refractivity contribution in [1.82, 2.24) is 5.32 Å². The number of ether oxygens (including phenoxy) is 1. The minimum Gasteiger partial charge on any atom is -0.462 e. The number of esters is 1. The third-order valence-corrected chi connectivity index (χ3v) is 10.4. The van der Waals surface area contributed by atoms with Crippen LogP contribution in [0.3, 0.4) is 0 Å². The van der Waals surface area contributed by atoms with Gasteiger partial charge in [0.05, 0.1) is 25.2 Å². The number of carbonyl (C=O) groups excluding carboxylic acids is 2. The van der Waals surface area contributed by atoms with Gasteiger partial charge < -0.3 is 20.3 Å². The molecule has 6 nitrogen and oxygen atoms in total. The number of amides is 1. The number of unbranched alkanes of at least 4 members (excludes halogenated alkanes) is 19. The Kier molecular flexibility index (Phi) is 41.8. The van der Waals surface area contributed by atoms with E-state index in [0.717, 1.165) is 96.3 Å². The van der Waals surface area contributed by atoms with Gasteiger partial charge in [0.25, 0.3) is 0 Å². The summed E-state index contributed by atoms with van der Waals surface area (Å²) in [6.07, 6.45) is 52.9. The first-order chi connectivity index (χ1) is 27.5. The van der Waals surface area contributed by atoms with Crippen molar-refractivity contribution in [3.8, 4) is 0 Å². The summed E-state index contributed by atoms with van der Waals surface area (Å²) in [4.78, 5) is 25.9. The Morgan fingerprint density at radius 1 is 0.536 bits per heavy atom. The van der Waals surface area contributed by atoms with E-state index in [9.17, 15) is 19.8 Å². The van der Waals surface area contributed by atoms with E-state index in [0.29, 0.717) is 19.3 Å². The maximum absolute atomic E-state index is 13.1. The molecule has 0 aliphatic carbocycles. The van der Waals surface area contributed by atoms with Crippen molar-refractivity contribution in [3.05, 3.63) is 60.8 Å². The van der Waals surface area contributed by atoms with E-state index in [2.05, 4.69) is 86.8 Å². The van der Waals surface area contributed by atoms with E-state index in [4.69, 9.17) is 4.74 Å². The summed E-state index contributed by atoms with van der Waals surface area (Å²) < 4.78 is 5.87. The molecule has 0 heterocycles. The molecular formula is C50H89NO5. The quantitative estimate of drug-likeness (QED) is 0.0326. The average molecular weight is 784 g/mol. The lowest BCUT2D eigenvalue weighted by Gasteiger charge is -2.24. The maximum atomic E-state index is 13.1. The lowest BCUT2D eigenvalue weighted by atomic mass is 10.0. The fourth-order valence-electron chi connectivity index (χ4n) is 6.81. The topological polar surface area (TPSA) is 95.9 Å². The number of aliphatic hydroxyl groups is 2. The van der Waals surface area contributed by atoms with Crippen LogP contribution in [0.5, 0.6) is 0 Å². The fraction of sp³-hybridized carbons (Fsp3) is 0.760. The van der Waals surface area contributed by atoms with Gasteiger partial charge in [-0.2, -0.15) is 0 Å². The van der Waals surface area contributed by atoms with Crippen molar-refractivity contribution in [3.63, 3.8) is 0 Å². The molecule has 6 heteroatoms. The van der Waals surface area contributed by atoms with Gasteiger partial charge in [-0.25, -0.2) is 0 Å². The third kappa shape index (κ3) is 38.4. The molecule has 0 aliphatic rings. The van der Waals surface area contributed by atoms with E-state index < -0.39 is 18.2 Å². The molecule has 0 aliphatic heterocycles. The fourth-order valence-corrected chi connectivity index (χ4v) is 6.81. The minimum atomic E-state index is -0.791. The Labute approximate surface area is 346 Å². The monoisotopic (exact) mass is 784 g/mol. The standard InChI is InChI=1S/C50H89NO5/c1-4-7-10-13-16-18-20-21-22-23-24-25-26-27-29-31-34-37-40-43-50(55)56-46(41-38-35-32-15-12-9-6-3)44-49(54)51-47(45-52)48(53)42-39-36-33-30-28-19-17-14-11-8-5-2/h7,10,16,18,21-22,24-25,27,29,46-48,52-53H,4-6,8-9,11-15,17,19-20,23,26,28,30-45H2,1-3H3,(H,51,54)/b10-7-,18-16-,22-21-,25-24-,29-27-. The summed E-state index contributed by atoms with van der Waals surface area (Å²) in [6.45, 7) is 6.31. The second-order valence-corrected chi connectivity index (χ2v) is 15.8. The molecule has 3 unspecified atom stereocenters. The summed E-state index contributed by atoms with van der Waals surface area (Å²) in [5, 5.41) is 23.6. The Bertz CT molecular complexity index is 1010. The van der Waals surface area contributed by atoms with Crippen molar-refractivity contribution in [2.45, 2.75) is 238 Å². The van der Waals surface area contributed by atoms with Crippen molar-refractivity contribution in [2.75, 3.05) is 6.61 Å². The number of hydrogen-bond acceptors (Lipinski definition) is 5. The molecule has 56 heavy (non-hydrogen) atoms. The molecule has 0 aromatic rings. The molecule has 3 atom stereocenters. The van der Waals surface area contributed by atoms with E-state index >= 15 is 0 Å². The lowest BCUT2D eigenvalue weighted by molar-refractivity contribution is -0.151. The van der Waals surface area contributed by atoms with Crippen LogP contribution in [0.25, 0.3) is 0 Å². The average Bonchev–Trinajstić information content (AvgIpc) is 3.19. The Morgan fingerprint density at radius 3 is 1.45 bits per heavy atom. The van der Waals surface area contributed by atoms with Crippen LogP contribution < -0.4 is 5.32 Å². The van der Waals surface area contributed by atoms with Crippen molar-refractivity contribution in [2.24, 2.45) is 0 Å². The summed E-state index contributed by atoms with van der Waals surface area (Å²) >= 11 is 0. The van der Waals surface area contributed by atoms with E-state index in [1.807, 2.05) is 0 Å². The highest BCUT2D eigenvalue weighted by molar-refractivity contribution is 5.77. The van der Waals surface area contributed by atoms with Gasteiger partial charge in [-0.3, -0.25) is 9.59 Å². The van der Waals surface area contributed by atoms with Gasteiger partial charge in [-0.15, -0.1) is 0 Å². The Balaban J connectivity index is 4.47. The van der Waals surface area contributed by atoms with Crippen molar-refractivity contribution in [1.29, 1.82) is 0 Å². The highest BCUT2D eigenvalue weighted by Crippen LogP contribution is 2.17. The molecule has 0 saturated carbocycles. The second kappa shape index (κ2) is 43.7. The first-order valence-corrected chi connectivity index (χ1v) is 23.5. The molecule has 0 radical (unpaired) electrons. The van der Waals surface area contributed by atoms with Crippen LogP contribution >= 0.6 is 0 Å². The first-order valence-electron chi connectivity index (χ1n) is 23.5. The number of hydrogen-bond donors (Lipinski definition) is 3. The first kappa shape index (κ1) is 53.6. The van der Waals surface area contributed by atoms with Gasteiger partial charge >= 0.3 is 5.97 Å². The van der Waals surface area contributed by atoms with Crippen LogP contribution in [0.1, 0.15) is 220 Å². The van der Waals surface area contributed by atoms with E-state index in [-0.39, 0.29) is 24.9 Å². The van der Waals surface area contributed by atoms with Crippen LogP contribution in [-0.2, 0) is 14.3 Å². The van der Waals surface area contributed by atoms with Crippen molar-refractivity contribution >= 4 is 11.9 Å². The molecule has 1 amide bonds. The van der Waals surface area contributed by atoms with E-state index in [1.165, 1.54) is 77.0 Å². The summed E-state index contributed by atoms with van der Waals surface area (Å²) in [6, 6.07) is -0.705. The molecule has 0 spiro atoms. The zero-order chi connectivity index (χ0) is 41.0. The zero-order valence-corrected chi connectivity index (χ0v) is 36.8. The lowest BCUT2D eigenvalue weighted by Crippen LogP contribution is -2.46. The summed E-state index contributed by atoms with van der Waals surface area (Å²) in [7, 11) is 0. The number of nitrogens with one attached hydrogen (secondary N) is 1. The number of aliphatic hydroxyl groups excluding tert-OH is 2. The zero-order valence-electron chi connectivity index (χ0n) is 36.8. The second-order valence-electron chi connectivity index (χ2n) is 15.8. The van der Waals surface area contributed by atoms with Gasteiger partial charge in [0.15, 0.2) is 0 Å². The van der Waals surface area contributed by atoms with Crippen molar-refractivity contribution < 1.29 is 24.5 Å². The molecule has 0 fully saturated rings. The number of carbonyl (C=O) groups is 2. The van der Waals surface area contributed by atoms with Crippen LogP contribution in [-0.4, -0.2) is 46.9 Å². The van der Waals surface area contributed by atoms with Crippen LogP contribution in [0.2, 0.25) is 0 Å². The maximum Gasteiger partial charge on any atom is 0.306 e. The Hall–Kier alpha value is -2.44. The molecule has 0 aromatic carbocycles. The predicted molar refractivity (Wildman–Crippen MR) is 241 cm³/mol. The summed E-state index contributed by atoms with van der Waals surface area (Å²) in [5.41, 5.74) is 0. The van der Waals surface area contributed by atoms with Gasteiger partial charge in [0.1, 0.15) is 6.10 Å². The predicted octanol–water partition coefficient (Wildman–Crippen LogP) is 13.7. The highest BCUT2D eigenvalue weighted by Gasteiger charge is 2.24. The largest absolute Gasteiger partial charge is 0.462 e. The molecule has 0 aromatic heterocycles. The molecule has 0 bridgehead atoms. The van der Waals surface area contributed by atoms with Crippen LogP contribution in [0.15, 0.2) is 60.8 Å². The smallest absolute Gasteiger partial charge is 0.306 e. The van der Waals surface area contributed by atoms with Gasteiger partial charge in [-0.1, -0.05) is 197 Å². The number of rotatable bonds is 41. The van der Waals surface area contributed by atoms with Crippen LogP contribution in [0.4, 0.5) is 0 Å². The van der Waals surface area contributed by atoms with Gasteiger partial charge in [-0.05, 0) is 70.6 Å². The Morgan fingerprint density at radius 2 is 0.964 bits per heavy atom. The molecule has 0 rings (SSSR count).